The highest BCUT2D eigenvalue weighted by Crippen LogP contribution is 2.17. The second-order valence-electron chi connectivity index (χ2n) is 6.30. The van der Waals surface area contributed by atoms with Crippen molar-refractivity contribution < 1.29 is 4.79 Å². The topological polar surface area (TPSA) is 79.2 Å². The number of rotatable bonds is 7. The number of aryl methyl sites for hydroxylation is 1. The monoisotopic (exact) mass is 394 g/mol. The fourth-order valence-corrected chi connectivity index (χ4v) is 3.43. The van der Waals surface area contributed by atoms with Crippen LogP contribution in [0.25, 0.3) is 5.69 Å². The molecule has 0 bridgehead atoms. The van der Waals surface area contributed by atoms with Crippen molar-refractivity contribution in [2.75, 3.05) is 0 Å². The van der Waals surface area contributed by atoms with Crippen LogP contribution in [0.3, 0.4) is 0 Å². The van der Waals surface area contributed by atoms with Crippen LogP contribution in [0.5, 0.6) is 0 Å². The maximum absolute atomic E-state index is 12.6. The second-order valence-corrected chi connectivity index (χ2v) is 7.63. The van der Waals surface area contributed by atoms with Crippen LogP contribution in [0.1, 0.15) is 23.7 Å². The molecule has 0 aliphatic carbocycles. The number of thioether (sulfide) groups is 1. The van der Waals surface area contributed by atoms with Gasteiger partial charge in [-0.25, -0.2) is 10.1 Å². The number of nitrogens with zero attached hydrogens (tertiary/aromatic N) is 2. The lowest BCUT2D eigenvalue weighted by Gasteiger charge is -2.09. The average molecular weight is 395 g/mol. The summed E-state index contributed by atoms with van der Waals surface area (Å²) < 4.78 is 1.46. The van der Waals surface area contributed by atoms with E-state index in [1.807, 2.05) is 67.6 Å². The Labute approximate surface area is 167 Å². The molecule has 7 heteroatoms. The molecule has 0 aliphatic rings. The molecule has 0 spiro atoms. The summed E-state index contributed by atoms with van der Waals surface area (Å²) in [6, 6.07) is 19.3. The molecular formula is C21H22N4O2S. The maximum atomic E-state index is 12.6. The molecule has 0 saturated heterocycles. The number of carbonyl (C=O) groups is 1. The van der Waals surface area contributed by atoms with Crippen LogP contribution in [0.2, 0.25) is 0 Å². The SMILES string of the molecule is Cc1[nH]n(-c2ccccc2)c(=O)c1C=NNC(=O)C(C)SCc1ccccc1. The molecule has 3 rings (SSSR count). The molecule has 2 N–H and O–H groups in total. The third-order valence-electron chi connectivity index (χ3n) is 4.21. The molecule has 2 aromatic carbocycles. The lowest BCUT2D eigenvalue weighted by Crippen LogP contribution is -2.27. The van der Waals surface area contributed by atoms with Crippen molar-refractivity contribution in [3.63, 3.8) is 0 Å². The molecule has 0 aliphatic heterocycles. The number of carbonyl (C=O) groups excluding carboxylic acids is 1. The summed E-state index contributed by atoms with van der Waals surface area (Å²) in [6.07, 6.45) is 1.39. The number of amides is 1. The largest absolute Gasteiger partial charge is 0.295 e. The van der Waals surface area contributed by atoms with E-state index in [1.165, 1.54) is 28.2 Å². The zero-order valence-electron chi connectivity index (χ0n) is 15.8. The zero-order valence-corrected chi connectivity index (χ0v) is 16.6. The number of aromatic nitrogens is 2. The van der Waals surface area contributed by atoms with Crippen LogP contribution in [0, 0.1) is 6.92 Å². The van der Waals surface area contributed by atoms with Gasteiger partial charge < -0.3 is 0 Å². The number of H-pyrrole nitrogens is 1. The lowest BCUT2D eigenvalue weighted by molar-refractivity contribution is -0.120. The van der Waals surface area contributed by atoms with E-state index in [2.05, 4.69) is 15.6 Å². The number of benzene rings is 2. The Bertz CT molecular complexity index is 1010. The van der Waals surface area contributed by atoms with E-state index in [9.17, 15) is 9.59 Å². The lowest BCUT2D eigenvalue weighted by atomic mass is 10.2. The fraction of sp³-hybridized carbons (Fsp3) is 0.190. The maximum Gasteiger partial charge on any atom is 0.280 e. The Kier molecular flexibility index (Phi) is 6.49. The first-order valence-electron chi connectivity index (χ1n) is 8.91. The Balaban J connectivity index is 1.60. The summed E-state index contributed by atoms with van der Waals surface area (Å²) in [6.45, 7) is 3.63. The number of nitrogens with one attached hydrogen (secondary N) is 2. The first-order chi connectivity index (χ1) is 13.6. The van der Waals surface area contributed by atoms with E-state index in [1.54, 1.807) is 6.92 Å². The van der Waals surface area contributed by atoms with E-state index >= 15 is 0 Å². The molecular weight excluding hydrogens is 372 g/mol. The summed E-state index contributed by atoms with van der Waals surface area (Å²) in [4.78, 5) is 24.8. The summed E-state index contributed by atoms with van der Waals surface area (Å²) in [5.41, 5.74) is 5.30. The molecule has 0 fully saturated rings. The van der Waals surface area contributed by atoms with Gasteiger partial charge in [-0.3, -0.25) is 14.7 Å². The van der Waals surface area contributed by atoms with Gasteiger partial charge in [-0.2, -0.15) is 5.10 Å². The highest BCUT2D eigenvalue weighted by atomic mass is 32.2. The average Bonchev–Trinajstić information content (AvgIpc) is 3.01. The number of hydrogen-bond acceptors (Lipinski definition) is 4. The van der Waals surface area contributed by atoms with Gasteiger partial charge in [-0.1, -0.05) is 48.5 Å². The van der Waals surface area contributed by atoms with Crippen molar-refractivity contribution in [3.8, 4) is 5.69 Å². The number of hydrogen-bond donors (Lipinski definition) is 2. The smallest absolute Gasteiger partial charge is 0.280 e. The van der Waals surface area contributed by atoms with Gasteiger partial charge in [-0.05, 0) is 31.5 Å². The molecule has 1 heterocycles. The van der Waals surface area contributed by atoms with Crippen molar-refractivity contribution in [2.45, 2.75) is 24.9 Å². The third-order valence-corrected chi connectivity index (χ3v) is 5.43. The molecule has 144 valence electrons. The summed E-state index contributed by atoms with van der Waals surface area (Å²) in [5.74, 6) is 0.548. The number of hydrazone groups is 1. The van der Waals surface area contributed by atoms with Gasteiger partial charge in [0.25, 0.3) is 11.5 Å². The standard InChI is InChI=1S/C21H22N4O2S/c1-15-19(21(27)25(24-15)18-11-7-4-8-12-18)13-22-23-20(26)16(2)28-14-17-9-5-3-6-10-17/h3-13,16,24H,14H2,1-2H3,(H,23,26). The Hall–Kier alpha value is -3.06. The van der Waals surface area contributed by atoms with Gasteiger partial charge in [0.2, 0.25) is 0 Å². The van der Waals surface area contributed by atoms with Crippen LogP contribution in [-0.2, 0) is 10.5 Å². The normalized spacial score (nSPS) is 12.2. The quantitative estimate of drug-likeness (QED) is 0.477. The summed E-state index contributed by atoms with van der Waals surface area (Å²) in [5, 5.41) is 6.74. The minimum absolute atomic E-state index is 0.200. The van der Waals surface area contributed by atoms with E-state index in [0.29, 0.717) is 11.3 Å². The van der Waals surface area contributed by atoms with Crippen molar-refractivity contribution in [2.24, 2.45) is 5.10 Å². The fourth-order valence-electron chi connectivity index (χ4n) is 2.59. The Morgan fingerprint density at radius 1 is 1.18 bits per heavy atom. The molecule has 28 heavy (non-hydrogen) atoms. The minimum atomic E-state index is -0.259. The molecule has 1 aromatic heterocycles. The predicted molar refractivity (Wildman–Crippen MR) is 114 cm³/mol. The first kappa shape index (κ1) is 19.7. The van der Waals surface area contributed by atoms with Crippen LogP contribution in [0.4, 0.5) is 0 Å². The molecule has 0 saturated carbocycles. The van der Waals surface area contributed by atoms with Gasteiger partial charge in [-0.15, -0.1) is 11.8 Å². The molecule has 1 amide bonds. The number of aromatic amines is 1. The van der Waals surface area contributed by atoms with Crippen LogP contribution < -0.4 is 11.0 Å². The van der Waals surface area contributed by atoms with Crippen LogP contribution in [-0.4, -0.2) is 27.2 Å². The molecule has 0 radical (unpaired) electrons. The van der Waals surface area contributed by atoms with E-state index in [0.717, 1.165) is 11.4 Å². The number of para-hydroxylation sites is 1. The van der Waals surface area contributed by atoms with E-state index in [-0.39, 0.29) is 16.7 Å². The van der Waals surface area contributed by atoms with Gasteiger partial charge in [0.05, 0.1) is 22.7 Å². The van der Waals surface area contributed by atoms with Gasteiger partial charge in [0, 0.05) is 11.4 Å². The van der Waals surface area contributed by atoms with Gasteiger partial charge in [0.1, 0.15) is 0 Å². The predicted octanol–water partition coefficient (Wildman–Crippen LogP) is 3.25. The second kappa shape index (κ2) is 9.23. The summed E-state index contributed by atoms with van der Waals surface area (Å²) >= 11 is 1.53. The van der Waals surface area contributed by atoms with Crippen molar-refractivity contribution in [1.82, 2.24) is 15.2 Å². The Morgan fingerprint density at radius 3 is 2.50 bits per heavy atom. The Morgan fingerprint density at radius 2 is 1.82 bits per heavy atom. The van der Waals surface area contributed by atoms with Gasteiger partial charge >= 0.3 is 0 Å². The molecule has 1 unspecified atom stereocenters. The van der Waals surface area contributed by atoms with Crippen LogP contribution >= 0.6 is 11.8 Å². The van der Waals surface area contributed by atoms with E-state index < -0.39 is 0 Å². The third kappa shape index (κ3) is 4.80. The van der Waals surface area contributed by atoms with Crippen molar-refractivity contribution >= 4 is 23.9 Å². The highest BCUT2D eigenvalue weighted by molar-refractivity contribution is 7.99. The van der Waals surface area contributed by atoms with Gasteiger partial charge in [0.15, 0.2) is 0 Å². The van der Waals surface area contributed by atoms with Crippen molar-refractivity contribution in [3.05, 3.63) is 87.8 Å². The molecule has 1 atom stereocenters. The molecule has 3 aromatic rings. The van der Waals surface area contributed by atoms with Crippen molar-refractivity contribution in [1.29, 1.82) is 0 Å². The summed E-state index contributed by atoms with van der Waals surface area (Å²) in [7, 11) is 0. The first-order valence-corrected chi connectivity index (χ1v) is 9.96. The molecule has 6 nitrogen and oxygen atoms in total. The highest BCUT2D eigenvalue weighted by Gasteiger charge is 2.14. The van der Waals surface area contributed by atoms with Crippen LogP contribution in [0.15, 0.2) is 70.6 Å². The van der Waals surface area contributed by atoms with E-state index in [4.69, 9.17) is 0 Å². The minimum Gasteiger partial charge on any atom is -0.295 e. The zero-order chi connectivity index (χ0) is 19.9.